The zero-order valence-corrected chi connectivity index (χ0v) is 34.4. The van der Waals surface area contributed by atoms with E-state index < -0.39 is 0 Å². The van der Waals surface area contributed by atoms with E-state index >= 15 is 0 Å². The number of hydrogen-bond acceptors (Lipinski definition) is 0. The molecule has 0 N–H and O–H groups in total. The Morgan fingerprint density at radius 2 is 0.833 bits per heavy atom. The van der Waals surface area contributed by atoms with Crippen LogP contribution >= 0.6 is 15.1 Å². The molecule has 0 saturated heterocycles. The predicted molar refractivity (Wildman–Crippen MR) is 205 cm³/mol. The van der Waals surface area contributed by atoms with Crippen molar-refractivity contribution in [1.82, 2.24) is 0 Å². The first-order chi connectivity index (χ1) is 22.4. The summed E-state index contributed by atoms with van der Waals surface area (Å²) in [5, 5.41) is 8.33. The second-order valence-electron chi connectivity index (χ2n) is 12.0. The van der Waals surface area contributed by atoms with Crippen LogP contribution in [0.25, 0.3) is 54.4 Å². The van der Waals surface area contributed by atoms with Crippen LogP contribution in [0.15, 0.2) is 157 Å². The maximum absolute atomic E-state index is 2.38. The Morgan fingerprint density at radius 3 is 1.17 bits per heavy atom. The van der Waals surface area contributed by atoms with Crippen LogP contribution in [0.2, 0.25) is 13.1 Å². The van der Waals surface area contributed by atoms with Gasteiger partial charge in [0, 0.05) is 0 Å². The Balaban J connectivity index is 0.000000188. The molecule has 0 aliphatic carbocycles. The number of rotatable bonds is 4. The molecule has 0 fully saturated rings. The Labute approximate surface area is 315 Å². The summed E-state index contributed by atoms with van der Waals surface area (Å²) in [7, 11) is -0.544. The van der Waals surface area contributed by atoms with Gasteiger partial charge in [0.15, 0.2) is 0 Å². The largest absolute Gasteiger partial charge is 1.00 e. The van der Waals surface area contributed by atoms with Crippen LogP contribution in [0.4, 0.5) is 0 Å². The average molecular weight is 795 g/mol. The van der Waals surface area contributed by atoms with Gasteiger partial charge in [-0.15, -0.1) is 72.0 Å². The molecular weight excluding hydrogens is 757 g/mol. The first-order valence-electron chi connectivity index (χ1n) is 15.7. The van der Waals surface area contributed by atoms with Gasteiger partial charge in [0.05, 0.1) is 0 Å². The van der Waals surface area contributed by atoms with Gasteiger partial charge in [-0.1, -0.05) is 122 Å². The van der Waals surface area contributed by atoms with Crippen molar-refractivity contribution in [2.45, 2.75) is 26.9 Å². The zero-order chi connectivity index (χ0) is 32.0. The van der Waals surface area contributed by atoms with Crippen molar-refractivity contribution in [3.63, 3.8) is 0 Å². The van der Waals surface area contributed by atoms with Crippen molar-refractivity contribution >= 4 is 42.0 Å². The van der Waals surface area contributed by atoms with Gasteiger partial charge in [-0.05, 0) is 44.9 Å². The number of benzene rings is 4. The summed E-state index contributed by atoms with van der Waals surface area (Å²) in [6.07, 6.45) is 0. The van der Waals surface area contributed by atoms with E-state index in [1.54, 1.807) is 23.3 Å². The van der Waals surface area contributed by atoms with Crippen molar-refractivity contribution in [2.75, 3.05) is 0 Å². The fraction of sp³-hybridized carbons (Fsp3) is 0.0952. The fourth-order valence-corrected chi connectivity index (χ4v) is 9.09. The number of halogens is 2. The monoisotopic (exact) mass is 792 g/mol. The molecule has 2 aromatic heterocycles. The summed E-state index contributed by atoms with van der Waals surface area (Å²) in [5.74, 6) is 9.28. The Hall–Kier alpha value is -2.66. The van der Waals surface area contributed by atoms with Crippen molar-refractivity contribution in [3.8, 4) is 32.9 Å². The van der Waals surface area contributed by atoms with E-state index in [0.29, 0.717) is 0 Å². The first-order valence-corrected chi connectivity index (χ1v) is 24.8. The van der Waals surface area contributed by atoms with Crippen LogP contribution in [-0.2, 0) is 23.3 Å². The van der Waals surface area contributed by atoms with E-state index in [-0.39, 0.29) is 45.3 Å². The first kappa shape index (κ1) is 38.1. The van der Waals surface area contributed by atoms with Crippen LogP contribution in [-0.4, -0.2) is 5.43 Å². The maximum atomic E-state index is 2.38. The third kappa shape index (κ3) is 9.31. The van der Waals surface area contributed by atoms with Gasteiger partial charge in [-0.3, -0.25) is 0 Å². The topological polar surface area (TPSA) is 0 Å². The summed E-state index contributed by atoms with van der Waals surface area (Å²) in [4.78, 5) is 0. The molecule has 0 amide bonds. The van der Waals surface area contributed by atoms with Gasteiger partial charge in [0.2, 0.25) is 0 Å². The number of hydrogen-bond donors (Lipinski definition) is 0. The normalized spacial score (nSPS) is 10.3. The molecular formula is C42H38Cl2P2SiZr-2. The predicted octanol–water partition coefficient (Wildman–Crippen LogP) is 7.81. The zero-order valence-electron chi connectivity index (χ0n) is 27.7. The van der Waals surface area contributed by atoms with Gasteiger partial charge in [0.25, 0.3) is 0 Å². The van der Waals surface area contributed by atoms with Gasteiger partial charge >= 0.3 is 41.9 Å². The van der Waals surface area contributed by atoms with Crippen molar-refractivity contribution in [1.29, 1.82) is 0 Å². The maximum Gasteiger partial charge on any atom is -0.0279 e. The van der Waals surface area contributed by atoms with E-state index in [1.807, 2.05) is 0 Å². The Morgan fingerprint density at radius 1 is 0.500 bits per heavy atom. The molecule has 8 aromatic rings. The van der Waals surface area contributed by atoms with Gasteiger partial charge < -0.3 is 24.8 Å². The third-order valence-electron chi connectivity index (χ3n) is 7.88. The van der Waals surface area contributed by atoms with Crippen LogP contribution in [0.3, 0.4) is 0 Å². The summed E-state index contributed by atoms with van der Waals surface area (Å²) >= 11 is 1.74. The Bertz CT molecular complexity index is 2040. The van der Waals surface area contributed by atoms with E-state index in [9.17, 15) is 0 Å². The molecule has 6 aromatic carbocycles. The summed E-state index contributed by atoms with van der Waals surface area (Å²) in [6.45, 7) is 8.97. The van der Waals surface area contributed by atoms with Crippen molar-refractivity contribution < 1.29 is 48.1 Å². The van der Waals surface area contributed by atoms with Crippen molar-refractivity contribution in [3.05, 3.63) is 168 Å². The molecule has 2 heterocycles. The smallest absolute Gasteiger partial charge is 0.0279 e. The van der Waals surface area contributed by atoms with Crippen LogP contribution in [0, 0.1) is 13.8 Å². The van der Waals surface area contributed by atoms with Crippen molar-refractivity contribution in [2.24, 2.45) is 0 Å². The molecule has 0 aliphatic heterocycles. The summed E-state index contributed by atoms with van der Waals surface area (Å²) < 4.78 is 0. The average Bonchev–Trinajstić information content (AvgIpc) is 3.88. The second kappa shape index (κ2) is 17.8. The van der Waals surface area contributed by atoms with Gasteiger partial charge in [-0.2, -0.15) is 12.1 Å². The minimum atomic E-state index is -0.272. The van der Waals surface area contributed by atoms with Crippen LogP contribution in [0.1, 0.15) is 11.1 Å². The quantitative estimate of drug-likeness (QED) is 0.126. The summed E-state index contributed by atoms with van der Waals surface area (Å²) in [5.41, 5.74) is 8.20. The SMILES string of the molecule is C[Si](C)=[Zr+2].Cc1cc2c(-c3ccccc3)cc(-p3cccc3)cc2[cH-]1.Cc1cc2c(-c3ccccc3)cc(-p3cccc3)cc2[cH-]1.[Cl-].[Cl-]. The van der Waals surface area contributed by atoms with E-state index in [1.165, 1.54) is 65.5 Å². The molecule has 0 bridgehead atoms. The van der Waals surface area contributed by atoms with Crippen LogP contribution < -0.4 is 24.8 Å². The molecule has 48 heavy (non-hydrogen) atoms. The van der Waals surface area contributed by atoms with Gasteiger partial charge in [-0.25, -0.2) is 0 Å². The molecule has 6 heteroatoms. The van der Waals surface area contributed by atoms with E-state index in [4.69, 9.17) is 0 Å². The second-order valence-corrected chi connectivity index (χ2v) is 25.2. The number of fused-ring (bicyclic) bond motifs is 2. The van der Waals surface area contributed by atoms with Gasteiger partial charge in [0.1, 0.15) is 0 Å². The molecule has 0 atom stereocenters. The fourth-order valence-electron chi connectivity index (χ4n) is 5.93. The van der Waals surface area contributed by atoms with E-state index in [0.717, 1.165) is 0 Å². The number of aryl methyl sites for hydroxylation is 2. The third-order valence-corrected chi connectivity index (χ3v) is 11.6. The van der Waals surface area contributed by atoms with E-state index in [2.05, 4.69) is 184 Å². The molecule has 0 unspecified atom stereocenters. The molecule has 0 aliphatic rings. The Kier molecular flexibility index (Phi) is 14.2. The molecule has 0 spiro atoms. The molecule has 0 nitrogen and oxygen atoms in total. The standard InChI is InChI=1S/2C20H16P.C2H6Si.2ClH.Zr/c2*1-15-11-17-13-18(21-9-5-6-10-21)14-20(19(17)12-15)16-7-3-2-4-8-16;1-3-2;;;/h2*2-14H,1H3;1-2H3;2*1H;/q2*-1;;;;+2/p-2. The van der Waals surface area contributed by atoms with Crippen LogP contribution in [0.5, 0.6) is 0 Å². The molecule has 8 rings (SSSR count). The molecule has 0 radical (unpaired) electrons. The minimum absolute atomic E-state index is 0. The molecule has 240 valence electrons. The molecule has 0 saturated carbocycles. The minimum Gasteiger partial charge on any atom is -1.00 e. The summed E-state index contributed by atoms with van der Waals surface area (Å²) in [6, 6.07) is 48.7.